The molecule has 0 bridgehead atoms. The minimum atomic E-state index is 0.306. The Morgan fingerprint density at radius 2 is 2.00 bits per heavy atom. The van der Waals surface area contributed by atoms with Crippen molar-refractivity contribution >= 4 is 33.2 Å². The van der Waals surface area contributed by atoms with Crippen molar-refractivity contribution in [2.75, 3.05) is 5.32 Å². The molecule has 0 saturated heterocycles. The first kappa shape index (κ1) is 14.3. The minimum absolute atomic E-state index is 0.306. The summed E-state index contributed by atoms with van der Waals surface area (Å²) in [4.78, 5) is 0. The van der Waals surface area contributed by atoms with Crippen LogP contribution in [0.15, 0.2) is 53.0 Å². The lowest BCUT2D eigenvalue weighted by Gasteiger charge is -2.39. The smallest absolute Gasteiger partial charge is 0.0565 e. The number of hydrogen-bond acceptors (Lipinski definition) is 1. The van der Waals surface area contributed by atoms with Gasteiger partial charge in [-0.25, -0.2) is 0 Å². The molecule has 2 aromatic rings. The molecule has 0 saturated carbocycles. The quantitative estimate of drug-likeness (QED) is 0.583. The number of rotatable bonds is 1. The second kappa shape index (κ2) is 5.43. The fourth-order valence-corrected chi connectivity index (χ4v) is 4.66. The number of nitrogens with one attached hydrogen (secondary N) is 1. The molecule has 1 aliphatic carbocycles. The second-order valence-electron chi connectivity index (χ2n) is 6.15. The van der Waals surface area contributed by atoms with Gasteiger partial charge >= 0.3 is 0 Å². The van der Waals surface area contributed by atoms with E-state index in [-0.39, 0.29) is 0 Å². The largest absolute Gasteiger partial charge is 0.377 e. The summed E-state index contributed by atoms with van der Waals surface area (Å²) in [6.45, 7) is 2.15. The van der Waals surface area contributed by atoms with Crippen LogP contribution in [0.3, 0.4) is 0 Å². The maximum Gasteiger partial charge on any atom is 0.0565 e. The molecule has 2 aromatic carbocycles. The molecular formula is C19H17BrClN. The highest BCUT2D eigenvalue weighted by Gasteiger charge is 2.40. The van der Waals surface area contributed by atoms with Crippen LogP contribution < -0.4 is 5.32 Å². The Labute approximate surface area is 144 Å². The summed E-state index contributed by atoms with van der Waals surface area (Å²) >= 11 is 10.2. The van der Waals surface area contributed by atoms with Gasteiger partial charge in [-0.3, -0.25) is 0 Å². The highest BCUT2D eigenvalue weighted by atomic mass is 79.9. The van der Waals surface area contributed by atoms with Crippen molar-refractivity contribution in [2.24, 2.45) is 5.92 Å². The molecule has 2 aliphatic rings. The van der Waals surface area contributed by atoms with E-state index in [0.717, 1.165) is 11.4 Å². The van der Waals surface area contributed by atoms with E-state index < -0.39 is 0 Å². The lowest BCUT2D eigenvalue weighted by Crippen LogP contribution is -2.30. The molecular weight excluding hydrogens is 358 g/mol. The molecule has 1 nitrogen and oxygen atoms in total. The van der Waals surface area contributed by atoms with Gasteiger partial charge in [-0.15, -0.1) is 0 Å². The SMILES string of the molecule is Cc1ccc(Cl)c2c1N[C@H](c1ccccc1Br)C1CC=CC21. The van der Waals surface area contributed by atoms with Crippen molar-refractivity contribution in [1.82, 2.24) is 0 Å². The van der Waals surface area contributed by atoms with Gasteiger partial charge in [0.25, 0.3) is 0 Å². The van der Waals surface area contributed by atoms with Gasteiger partial charge in [0.05, 0.1) is 6.04 Å². The van der Waals surface area contributed by atoms with E-state index in [9.17, 15) is 0 Å². The average molecular weight is 375 g/mol. The molecule has 3 atom stereocenters. The molecule has 22 heavy (non-hydrogen) atoms. The third-order valence-electron chi connectivity index (χ3n) is 4.92. The summed E-state index contributed by atoms with van der Waals surface area (Å²) in [5.41, 5.74) is 5.06. The van der Waals surface area contributed by atoms with Crippen LogP contribution in [0.5, 0.6) is 0 Å². The van der Waals surface area contributed by atoms with E-state index in [1.54, 1.807) is 0 Å². The standard InChI is InChI=1S/C19H17BrClN/c1-11-9-10-16(21)17-12-6-4-7-13(12)19(22-18(11)17)14-5-2-3-8-15(14)20/h2-6,8-10,12-13,19,22H,7H2,1H3/t12?,13?,19-/m0/s1. The minimum Gasteiger partial charge on any atom is -0.377 e. The Bertz CT molecular complexity index is 768. The summed E-state index contributed by atoms with van der Waals surface area (Å²) in [5.74, 6) is 0.922. The van der Waals surface area contributed by atoms with Gasteiger partial charge in [0, 0.05) is 26.7 Å². The van der Waals surface area contributed by atoms with Crippen LogP contribution in [0.1, 0.15) is 35.1 Å². The number of anilines is 1. The first-order valence-corrected chi connectivity index (χ1v) is 8.80. The van der Waals surface area contributed by atoms with E-state index in [2.05, 4.69) is 70.7 Å². The fourth-order valence-electron chi connectivity index (χ4n) is 3.84. The van der Waals surface area contributed by atoms with Crippen molar-refractivity contribution in [3.8, 4) is 0 Å². The first-order chi connectivity index (χ1) is 10.7. The van der Waals surface area contributed by atoms with Crippen molar-refractivity contribution < 1.29 is 0 Å². The first-order valence-electron chi connectivity index (χ1n) is 7.63. The zero-order chi connectivity index (χ0) is 15.3. The summed E-state index contributed by atoms with van der Waals surface area (Å²) in [5, 5.41) is 4.66. The van der Waals surface area contributed by atoms with Gasteiger partial charge in [0.2, 0.25) is 0 Å². The predicted molar refractivity (Wildman–Crippen MR) is 96.7 cm³/mol. The Morgan fingerprint density at radius 1 is 1.18 bits per heavy atom. The Hall–Kier alpha value is -1.25. The van der Waals surface area contributed by atoms with Gasteiger partial charge in [-0.2, -0.15) is 0 Å². The maximum absolute atomic E-state index is 6.52. The molecule has 4 rings (SSSR count). The van der Waals surface area contributed by atoms with Crippen LogP contribution in [-0.2, 0) is 0 Å². The maximum atomic E-state index is 6.52. The molecule has 2 unspecified atom stereocenters. The number of hydrogen-bond donors (Lipinski definition) is 1. The van der Waals surface area contributed by atoms with E-state index >= 15 is 0 Å². The lowest BCUT2D eigenvalue weighted by atomic mass is 9.76. The molecule has 3 heteroatoms. The highest BCUT2D eigenvalue weighted by molar-refractivity contribution is 9.10. The van der Waals surface area contributed by atoms with Crippen LogP contribution in [0, 0.1) is 12.8 Å². The molecule has 0 spiro atoms. The Kier molecular flexibility index (Phi) is 3.54. The third kappa shape index (κ3) is 2.12. The van der Waals surface area contributed by atoms with Crippen LogP contribution in [-0.4, -0.2) is 0 Å². The van der Waals surface area contributed by atoms with Crippen molar-refractivity contribution in [1.29, 1.82) is 0 Å². The molecule has 1 N–H and O–H groups in total. The van der Waals surface area contributed by atoms with E-state index in [4.69, 9.17) is 11.6 Å². The summed E-state index contributed by atoms with van der Waals surface area (Å²) in [7, 11) is 0. The number of allylic oxidation sites excluding steroid dienone is 2. The van der Waals surface area contributed by atoms with Crippen LogP contribution in [0.2, 0.25) is 5.02 Å². The van der Waals surface area contributed by atoms with Crippen LogP contribution >= 0.6 is 27.5 Å². The predicted octanol–water partition coefficient (Wildman–Crippen LogP) is 6.24. The topological polar surface area (TPSA) is 12.0 Å². The van der Waals surface area contributed by atoms with Crippen LogP contribution in [0.25, 0.3) is 0 Å². The number of fused-ring (bicyclic) bond motifs is 3. The number of halogens is 2. The summed E-state index contributed by atoms with van der Waals surface area (Å²) < 4.78 is 1.17. The van der Waals surface area contributed by atoms with Gasteiger partial charge in [-0.1, -0.05) is 63.9 Å². The van der Waals surface area contributed by atoms with Gasteiger partial charge in [0.1, 0.15) is 0 Å². The molecule has 1 aliphatic heterocycles. The van der Waals surface area contributed by atoms with Crippen molar-refractivity contribution in [3.05, 3.63) is 74.7 Å². The van der Waals surface area contributed by atoms with Gasteiger partial charge in [0.15, 0.2) is 0 Å². The van der Waals surface area contributed by atoms with Crippen molar-refractivity contribution in [2.45, 2.75) is 25.3 Å². The van der Waals surface area contributed by atoms with Gasteiger partial charge in [-0.05, 0) is 42.5 Å². The average Bonchev–Trinajstić information content (AvgIpc) is 3.00. The van der Waals surface area contributed by atoms with Gasteiger partial charge < -0.3 is 5.32 Å². The number of aryl methyl sites for hydroxylation is 1. The zero-order valence-electron chi connectivity index (χ0n) is 12.3. The normalized spacial score (nSPS) is 25.5. The van der Waals surface area contributed by atoms with Crippen LogP contribution in [0.4, 0.5) is 5.69 Å². The summed E-state index contributed by atoms with van der Waals surface area (Å²) in [6, 6.07) is 12.9. The Balaban J connectivity index is 1.88. The lowest BCUT2D eigenvalue weighted by molar-refractivity contribution is 0.424. The third-order valence-corrected chi connectivity index (χ3v) is 5.97. The second-order valence-corrected chi connectivity index (χ2v) is 7.41. The zero-order valence-corrected chi connectivity index (χ0v) is 14.7. The molecule has 0 radical (unpaired) electrons. The number of benzene rings is 2. The molecule has 0 amide bonds. The molecule has 0 aromatic heterocycles. The highest BCUT2D eigenvalue weighted by Crippen LogP contribution is 2.53. The molecule has 112 valence electrons. The Morgan fingerprint density at radius 3 is 2.82 bits per heavy atom. The fraction of sp³-hybridized carbons (Fsp3) is 0.263. The van der Waals surface area contributed by atoms with Crippen molar-refractivity contribution in [3.63, 3.8) is 0 Å². The molecule has 1 heterocycles. The van der Waals surface area contributed by atoms with E-state index in [1.165, 1.54) is 26.9 Å². The monoisotopic (exact) mass is 373 g/mol. The molecule has 0 fully saturated rings. The van der Waals surface area contributed by atoms with E-state index in [0.29, 0.717) is 17.9 Å². The summed E-state index contributed by atoms with van der Waals surface area (Å²) in [6.07, 6.45) is 5.72. The van der Waals surface area contributed by atoms with E-state index in [1.807, 2.05) is 6.07 Å².